The van der Waals surface area contributed by atoms with Gasteiger partial charge in [-0.2, -0.15) is 0 Å². The average molecular weight is 578 g/mol. The Labute approximate surface area is 191 Å². The van der Waals surface area contributed by atoms with Crippen LogP contribution in [0.5, 0.6) is 0 Å². The van der Waals surface area contributed by atoms with Gasteiger partial charge in [-0.3, -0.25) is 14.8 Å². The maximum absolute atomic E-state index is 10.0. The number of carbonyl (C=O) groups is 1. The van der Waals surface area contributed by atoms with E-state index in [4.69, 9.17) is 15.1 Å². The molecule has 0 unspecified atom stereocenters. The number of aromatic nitrogens is 2. The van der Waals surface area contributed by atoms with Crippen molar-refractivity contribution in [3.05, 3.63) is 83.9 Å². The van der Waals surface area contributed by atoms with Crippen molar-refractivity contribution in [2.24, 2.45) is 0 Å². The molecule has 1 heterocycles. The monoisotopic (exact) mass is 578 g/mol. The Bertz CT molecular complexity index is 930. The smallest absolute Gasteiger partial charge is 0.155 e. The maximum Gasteiger partial charge on any atom is 0.155 e. The first-order chi connectivity index (χ1) is 14.0. The molecular weight excluding hydrogens is 553 g/mol. The molecule has 0 spiro atoms. The van der Waals surface area contributed by atoms with Crippen LogP contribution in [0.4, 0.5) is 0 Å². The van der Waals surface area contributed by atoms with Crippen LogP contribution in [0.1, 0.15) is 38.1 Å². The van der Waals surface area contributed by atoms with Gasteiger partial charge in [0.25, 0.3) is 0 Å². The van der Waals surface area contributed by atoms with E-state index in [0.717, 1.165) is 41.1 Å². The second-order valence-electron chi connectivity index (χ2n) is 7.06. The second kappa shape index (κ2) is 11.5. The molecule has 2 aromatic carbocycles. The van der Waals surface area contributed by atoms with Crippen molar-refractivity contribution in [1.29, 1.82) is 0 Å². The molecule has 0 amide bonds. The van der Waals surface area contributed by atoms with Crippen LogP contribution in [-0.2, 0) is 37.7 Å². The van der Waals surface area contributed by atoms with E-state index in [1.807, 2.05) is 24.3 Å². The number of rotatable bonds is 3. The molecule has 1 aliphatic rings. The first-order valence-corrected chi connectivity index (χ1v) is 9.84. The van der Waals surface area contributed by atoms with Crippen LogP contribution in [-0.4, -0.2) is 20.9 Å². The number of hydrogen-bond donors (Lipinski definition) is 1. The van der Waals surface area contributed by atoms with Crippen molar-refractivity contribution < 1.29 is 30.0 Å². The summed E-state index contributed by atoms with van der Waals surface area (Å²) in [5.74, 6) is -0.0625. The molecule has 0 saturated carbocycles. The van der Waals surface area contributed by atoms with E-state index in [1.165, 1.54) is 38.5 Å². The molecule has 0 saturated heterocycles. The molecule has 1 aliphatic carbocycles. The minimum absolute atomic E-state index is 0. The van der Waals surface area contributed by atoms with Gasteiger partial charge in [0, 0.05) is 31.9 Å². The van der Waals surface area contributed by atoms with Gasteiger partial charge in [-0.25, -0.2) is 0 Å². The molecule has 1 N–H and O–H groups in total. The summed E-state index contributed by atoms with van der Waals surface area (Å²) in [4.78, 5) is 20.0. The zero-order valence-electron chi connectivity index (χ0n) is 17.2. The molecule has 0 atom stereocenters. The average Bonchev–Trinajstić information content (AvgIpc) is 2.73. The molecule has 3 aromatic rings. The van der Waals surface area contributed by atoms with Crippen molar-refractivity contribution in [3.8, 4) is 22.5 Å². The predicted octanol–water partition coefficient (Wildman–Crippen LogP) is 5.52. The molecule has 0 fully saturated rings. The standard InChI is InChI=1S/C20H17N2.C5H8O2.Ir/c1-3-9-15(10-4-1)19-20(16-11-5-2-6-12-16)22-18-14-8-7-13-17(18)21-19;1-4(6)3-5(2)7;/h1-6,9-11H,7-8,13-14H2;3,6H,1-2H3;/q-1;;/b;4-3-;. The number of carbonyl (C=O) groups excluding carboxylic acids is 1. The Morgan fingerprint density at radius 2 is 1.53 bits per heavy atom. The van der Waals surface area contributed by atoms with Crippen molar-refractivity contribution in [3.63, 3.8) is 0 Å². The first kappa shape index (κ1) is 23.7. The number of hydrogen-bond acceptors (Lipinski definition) is 4. The SMILES string of the molecule is CC(=O)/C=C(/C)O.[Ir].[c-]1ccccc1-c1nc2c(nc1-c1ccccc1)CCCC2. The summed E-state index contributed by atoms with van der Waals surface area (Å²) in [6, 6.07) is 21.6. The molecule has 1 radical (unpaired) electrons. The Morgan fingerprint density at radius 3 is 2.03 bits per heavy atom. The summed E-state index contributed by atoms with van der Waals surface area (Å²) in [7, 11) is 0. The number of aliphatic hydroxyl groups is 1. The molecule has 0 aliphatic heterocycles. The van der Waals surface area contributed by atoms with Crippen LogP contribution < -0.4 is 0 Å². The molecule has 5 heteroatoms. The molecule has 1 aromatic heterocycles. The van der Waals surface area contributed by atoms with E-state index < -0.39 is 0 Å². The molecule has 4 nitrogen and oxygen atoms in total. The largest absolute Gasteiger partial charge is 0.512 e. The van der Waals surface area contributed by atoms with Gasteiger partial charge in [-0.1, -0.05) is 30.3 Å². The van der Waals surface area contributed by atoms with Gasteiger partial charge >= 0.3 is 0 Å². The fourth-order valence-corrected chi connectivity index (χ4v) is 3.31. The number of benzene rings is 2. The van der Waals surface area contributed by atoms with Crippen LogP contribution in [0, 0.1) is 6.07 Å². The van der Waals surface area contributed by atoms with Gasteiger partial charge in [0.15, 0.2) is 5.78 Å². The number of fused-ring (bicyclic) bond motifs is 1. The first-order valence-electron chi connectivity index (χ1n) is 9.84. The number of allylic oxidation sites excluding steroid dienone is 2. The third-order valence-corrected chi connectivity index (χ3v) is 4.55. The minimum Gasteiger partial charge on any atom is -0.512 e. The number of nitrogens with zero attached hydrogens (tertiary/aromatic N) is 2. The summed E-state index contributed by atoms with van der Waals surface area (Å²) in [5.41, 5.74) is 6.40. The fraction of sp³-hybridized carbons (Fsp3) is 0.240. The molecule has 30 heavy (non-hydrogen) atoms. The summed E-state index contributed by atoms with van der Waals surface area (Å²) in [6.45, 7) is 2.85. The van der Waals surface area contributed by atoms with Gasteiger partial charge in [-0.05, 0) is 45.1 Å². The van der Waals surface area contributed by atoms with Crippen LogP contribution >= 0.6 is 0 Å². The summed E-state index contributed by atoms with van der Waals surface area (Å²) in [6.07, 6.45) is 5.68. The number of aliphatic hydroxyl groups excluding tert-OH is 1. The third kappa shape index (κ3) is 6.44. The van der Waals surface area contributed by atoms with Gasteiger partial charge in [0.1, 0.15) is 0 Å². The van der Waals surface area contributed by atoms with E-state index in [0.29, 0.717) is 0 Å². The van der Waals surface area contributed by atoms with Crippen LogP contribution in [0.15, 0.2) is 66.4 Å². The quantitative estimate of drug-likeness (QED) is 0.253. The molecule has 0 bridgehead atoms. The van der Waals surface area contributed by atoms with E-state index in [-0.39, 0.29) is 31.6 Å². The van der Waals surface area contributed by atoms with Crippen molar-refractivity contribution in [2.45, 2.75) is 39.5 Å². The van der Waals surface area contributed by atoms with Crippen molar-refractivity contribution in [2.75, 3.05) is 0 Å². The molecule has 157 valence electrons. The fourth-order valence-electron chi connectivity index (χ4n) is 3.31. The third-order valence-electron chi connectivity index (χ3n) is 4.55. The van der Waals surface area contributed by atoms with Gasteiger partial charge in [0.2, 0.25) is 0 Å². The minimum atomic E-state index is -0.125. The van der Waals surface area contributed by atoms with Gasteiger partial charge < -0.3 is 5.11 Å². The second-order valence-corrected chi connectivity index (χ2v) is 7.06. The van der Waals surface area contributed by atoms with Crippen molar-refractivity contribution >= 4 is 5.78 Å². The number of ketones is 1. The van der Waals surface area contributed by atoms with Gasteiger partial charge in [-0.15, -0.1) is 35.9 Å². The zero-order chi connectivity index (χ0) is 20.6. The Kier molecular flexibility index (Phi) is 9.10. The van der Waals surface area contributed by atoms with Crippen LogP contribution in [0.3, 0.4) is 0 Å². The van der Waals surface area contributed by atoms with Crippen molar-refractivity contribution in [1.82, 2.24) is 9.97 Å². The number of aryl methyl sites for hydroxylation is 2. The predicted molar refractivity (Wildman–Crippen MR) is 115 cm³/mol. The Hall–Kier alpha value is -2.62. The normalized spacial score (nSPS) is 12.7. The molecular formula is C25H25IrN2O2-. The van der Waals surface area contributed by atoms with Gasteiger partial charge in [0.05, 0.1) is 22.8 Å². The molecule has 4 rings (SSSR count). The summed E-state index contributed by atoms with van der Waals surface area (Å²) < 4.78 is 0. The van der Waals surface area contributed by atoms with Crippen LogP contribution in [0.2, 0.25) is 0 Å². The summed E-state index contributed by atoms with van der Waals surface area (Å²) in [5, 5.41) is 8.36. The Morgan fingerprint density at radius 1 is 0.933 bits per heavy atom. The Balaban J connectivity index is 0.000000350. The zero-order valence-corrected chi connectivity index (χ0v) is 19.6. The van der Waals surface area contributed by atoms with E-state index >= 15 is 0 Å². The maximum atomic E-state index is 10.0. The van der Waals surface area contributed by atoms with E-state index in [9.17, 15) is 4.79 Å². The summed E-state index contributed by atoms with van der Waals surface area (Å²) >= 11 is 0. The topological polar surface area (TPSA) is 63.1 Å². The van der Waals surface area contributed by atoms with E-state index in [2.05, 4.69) is 36.4 Å². The van der Waals surface area contributed by atoms with Crippen LogP contribution in [0.25, 0.3) is 22.5 Å². The van der Waals surface area contributed by atoms with E-state index in [1.54, 1.807) is 0 Å².